The van der Waals surface area contributed by atoms with Gasteiger partial charge in [-0.05, 0) is 35.6 Å². The Balaban J connectivity index is 2.80. The number of hydrogen-bond acceptors (Lipinski definition) is 3. The maximum Gasteiger partial charge on any atom is 0.109 e. The zero-order valence-corrected chi connectivity index (χ0v) is 8.11. The van der Waals surface area contributed by atoms with Crippen LogP contribution in [0, 0.1) is 0 Å². The fourth-order valence-electron chi connectivity index (χ4n) is 1.19. The number of aromatic nitrogens is 2. The van der Waals surface area contributed by atoms with E-state index in [2.05, 4.69) is 16.5 Å². The second-order valence-corrected chi connectivity index (χ2v) is 3.76. The van der Waals surface area contributed by atoms with Crippen LogP contribution in [0.4, 0.5) is 0 Å². The van der Waals surface area contributed by atoms with Crippen LogP contribution in [0.1, 0.15) is 12.5 Å². The molecule has 0 atom stereocenters. The fraction of sp³-hybridized carbons (Fsp3) is 0.250. The summed E-state index contributed by atoms with van der Waals surface area (Å²) >= 11 is 7.30. The molecular weight excluding hydrogens is 192 g/mol. The lowest BCUT2D eigenvalue weighted by atomic mass is 10.1. The summed E-state index contributed by atoms with van der Waals surface area (Å²) in [6, 6.07) is 3.85. The molecular formula is C8H7ClN2S. The highest BCUT2D eigenvalue weighted by Gasteiger charge is 2.04. The van der Waals surface area contributed by atoms with E-state index >= 15 is 0 Å². The summed E-state index contributed by atoms with van der Waals surface area (Å²) in [5, 5.41) is 4.81. The topological polar surface area (TPSA) is 25.8 Å². The lowest BCUT2D eigenvalue weighted by Crippen LogP contribution is -1.82. The molecule has 1 aromatic carbocycles. The molecule has 0 fully saturated rings. The molecule has 12 heavy (non-hydrogen) atoms. The Kier molecular flexibility index (Phi) is 1.98. The average molecular weight is 199 g/mol. The molecule has 62 valence electrons. The first-order valence-corrected chi connectivity index (χ1v) is 4.87. The quantitative estimate of drug-likeness (QED) is 0.704. The molecule has 4 heteroatoms. The van der Waals surface area contributed by atoms with Crippen LogP contribution >= 0.6 is 23.1 Å². The molecule has 0 spiro atoms. The van der Waals surface area contributed by atoms with Crippen LogP contribution in [-0.2, 0) is 6.42 Å². The van der Waals surface area contributed by atoms with Gasteiger partial charge in [-0.25, -0.2) is 0 Å². The molecule has 1 aromatic heterocycles. The van der Waals surface area contributed by atoms with Crippen molar-refractivity contribution < 1.29 is 0 Å². The maximum absolute atomic E-state index is 5.91. The highest BCUT2D eigenvalue weighted by molar-refractivity contribution is 7.13. The van der Waals surface area contributed by atoms with Gasteiger partial charge in [0.2, 0.25) is 0 Å². The largest absolute Gasteiger partial charge is 0.138 e. The number of aryl methyl sites for hydroxylation is 1. The Labute approximate surface area is 79.3 Å². The van der Waals surface area contributed by atoms with Crippen molar-refractivity contribution in [2.75, 3.05) is 0 Å². The van der Waals surface area contributed by atoms with Crippen molar-refractivity contribution in [1.82, 2.24) is 9.59 Å². The van der Waals surface area contributed by atoms with Gasteiger partial charge in [-0.15, -0.1) is 5.10 Å². The number of halogens is 1. The van der Waals surface area contributed by atoms with Crippen molar-refractivity contribution in [3.8, 4) is 0 Å². The Hall–Kier alpha value is -0.670. The van der Waals surface area contributed by atoms with Crippen LogP contribution in [-0.4, -0.2) is 9.59 Å². The molecule has 0 radical (unpaired) electrons. The number of hydrogen-bond donors (Lipinski definition) is 0. The van der Waals surface area contributed by atoms with Crippen molar-refractivity contribution >= 4 is 33.4 Å². The fourth-order valence-corrected chi connectivity index (χ4v) is 2.14. The minimum Gasteiger partial charge on any atom is -0.138 e. The third-order valence-electron chi connectivity index (χ3n) is 1.78. The van der Waals surface area contributed by atoms with E-state index in [9.17, 15) is 0 Å². The molecule has 0 aliphatic carbocycles. The van der Waals surface area contributed by atoms with Crippen LogP contribution in [0.15, 0.2) is 12.1 Å². The van der Waals surface area contributed by atoms with Crippen molar-refractivity contribution in [2.45, 2.75) is 13.3 Å². The van der Waals surface area contributed by atoms with Crippen LogP contribution in [0.25, 0.3) is 10.2 Å². The van der Waals surface area contributed by atoms with Gasteiger partial charge in [0, 0.05) is 5.02 Å². The van der Waals surface area contributed by atoms with Gasteiger partial charge in [-0.2, -0.15) is 0 Å². The molecule has 0 aliphatic rings. The number of rotatable bonds is 1. The summed E-state index contributed by atoms with van der Waals surface area (Å²) in [6.07, 6.45) is 0.947. The highest BCUT2D eigenvalue weighted by Crippen LogP contribution is 2.24. The summed E-state index contributed by atoms with van der Waals surface area (Å²) in [6.45, 7) is 2.09. The first-order chi connectivity index (χ1) is 5.81. The number of fused-ring (bicyclic) bond motifs is 1. The van der Waals surface area contributed by atoms with E-state index in [-0.39, 0.29) is 0 Å². The zero-order chi connectivity index (χ0) is 8.55. The molecule has 0 saturated heterocycles. The Morgan fingerprint density at radius 2 is 2.33 bits per heavy atom. The van der Waals surface area contributed by atoms with Crippen LogP contribution in [0.3, 0.4) is 0 Å². The molecule has 0 bridgehead atoms. The van der Waals surface area contributed by atoms with E-state index in [1.54, 1.807) is 0 Å². The van der Waals surface area contributed by atoms with E-state index in [1.165, 1.54) is 17.1 Å². The smallest absolute Gasteiger partial charge is 0.109 e. The summed E-state index contributed by atoms with van der Waals surface area (Å²) in [7, 11) is 0. The van der Waals surface area contributed by atoms with Gasteiger partial charge in [-0.3, -0.25) is 0 Å². The van der Waals surface area contributed by atoms with Gasteiger partial charge in [0.25, 0.3) is 0 Å². The Morgan fingerprint density at radius 1 is 1.50 bits per heavy atom. The first kappa shape index (κ1) is 7.95. The van der Waals surface area contributed by atoms with Gasteiger partial charge < -0.3 is 0 Å². The molecule has 0 aliphatic heterocycles. The van der Waals surface area contributed by atoms with E-state index in [0.29, 0.717) is 0 Å². The van der Waals surface area contributed by atoms with E-state index in [0.717, 1.165) is 21.7 Å². The van der Waals surface area contributed by atoms with E-state index in [1.807, 2.05) is 12.1 Å². The second-order valence-electron chi connectivity index (χ2n) is 2.54. The van der Waals surface area contributed by atoms with Crippen LogP contribution in [0.5, 0.6) is 0 Å². The maximum atomic E-state index is 5.91. The molecule has 0 unspecified atom stereocenters. The molecule has 2 rings (SSSR count). The molecule has 0 N–H and O–H groups in total. The normalized spacial score (nSPS) is 10.8. The van der Waals surface area contributed by atoms with Crippen LogP contribution < -0.4 is 0 Å². The number of benzene rings is 1. The van der Waals surface area contributed by atoms with Gasteiger partial charge in [0.05, 0.1) is 4.70 Å². The van der Waals surface area contributed by atoms with E-state index in [4.69, 9.17) is 11.6 Å². The molecule has 0 amide bonds. The predicted molar refractivity (Wildman–Crippen MR) is 51.8 cm³/mol. The highest BCUT2D eigenvalue weighted by atomic mass is 35.5. The summed E-state index contributed by atoms with van der Waals surface area (Å²) in [5.74, 6) is 0. The minimum atomic E-state index is 0.769. The molecule has 2 nitrogen and oxygen atoms in total. The monoisotopic (exact) mass is 198 g/mol. The van der Waals surface area contributed by atoms with Gasteiger partial charge in [0.15, 0.2) is 0 Å². The van der Waals surface area contributed by atoms with Crippen LogP contribution in [0.2, 0.25) is 5.02 Å². The van der Waals surface area contributed by atoms with Crippen molar-refractivity contribution in [3.63, 3.8) is 0 Å². The van der Waals surface area contributed by atoms with Gasteiger partial charge >= 0.3 is 0 Å². The van der Waals surface area contributed by atoms with Crippen molar-refractivity contribution in [1.29, 1.82) is 0 Å². The zero-order valence-electron chi connectivity index (χ0n) is 6.54. The first-order valence-electron chi connectivity index (χ1n) is 3.71. The third-order valence-corrected chi connectivity index (χ3v) is 2.67. The van der Waals surface area contributed by atoms with Gasteiger partial charge in [-0.1, -0.05) is 23.0 Å². The lowest BCUT2D eigenvalue weighted by Gasteiger charge is -1.97. The second kappa shape index (κ2) is 2.99. The summed E-state index contributed by atoms with van der Waals surface area (Å²) < 4.78 is 4.95. The molecule has 1 heterocycles. The minimum absolute atomic E-state index is 0.769. The lowest BCUT2D eigenvalue weighted by molar-refractivity contribution is 1.12. The SMILES string of the molecule is CCc1cc(Cl)cc2snnc12. The van der Waals surface area contributed by atoms with Crippen molar-refractivity contribution in [3.05, 3.63) is 22.7 Å². The Morgan fingerprint density at radius 3 is 3.08 bits per heavy atom. The molecule has 2 aromatic rings. The summed E-state index contributed by atoms with van der Waals surface area (Å²) in [5.41, 5.74) is 2.16. The average Bonchev–Trinajstić information content (AvgIpc) is 2.50. The predicted octanol–water partition coefficient (Wildman–Crippen LogP) is 2.91. The summed E-state index contributed by atoms with van der Waals surface area (Å²) in [4.78, 5) is 0. The third kappa shape index (κ3) is 1.19. The van der Waals surface area contributed by atoms with Crippen molar-refractivity contribution in [2.24, 2.45) is 0 Å². The van der Waals surface area contributed by atoms with Gasteiger partial charge in [0.1, 0.15) is 5.52 Å². The number of nitrogens with zero attached hydrogens (tertiary/aromatic N) is 2. The standard InChI is InChI=1S/C8H7ClN2S/c1-2-5-3-6(9)4-7-8(5)10-11-12-7/h3-4H,2H2,1H3. The molecule has 0 saturated carbocycles. The van der Waals surface area contributed by atoms with E-state index < -0.39 is 0 Å². The Bertz CT molecular complexity index is 410.